The number of benzene rings is 2. The molecular weight excluding hydrogens is 400 g/mol. The van der Waals surface area contributed by atoms with Crippen molar-refractivity contribution < 1.29 is 19.4 Å². The van der Waals surface area contributed by atoms with Gasteiger partial charge in [-0.1, -0.05) is 46.3 Å². The molecule has 0 saturated carbocycles. The Morgan fingerprint density at radius 2 is 1.88 bits per heavy atom. The molecular formula is C19H15BrN2O4. The summed E-state index contributed by atoms with van der Waals surface area (Å²) in [4.78, 5) is 23.5. The van der Waals surface area contributed by atoms with Crippen LogP contribution in [0.1, 0.15) is 21.6 Å². The SMILES string of the molecule is O=C(O)COc1ccc(Br)cc1C(=O)c1ccn(Cc2ccccc2)n1. The van der Waals surface area contributed by atoms with Gasteiger partial charge in [0.25, 0.3) is 0 Å². The number of ether oxygens (including phenoxy) is 1. The van der Waals surface area contributed by atoms with Crippen molar-refractivity contribution in [1.82, 2.24) is 9.78 Å². The number of carbonyl (C=O) groups is 2. The molecule has 6 nitrogen and oxygen atoms in total. The van der Waals surface area contributed by atoms with Crippen LogP contribution in [0.25, 0.3) is 0 Å². The lowest BCUT2D eigenvalue weighted by Crippen LogP contribution is -2.13. The Balaban J connectivity index is 1.83. The second kappa shape index (κ2) is 7.97. The molecule has 3 aromatic rings. The van der Waals surface area contributed by atoms with E-state index in [0.717, 1.165) is 5.56 Å². The quantitative estimate of drug-likeness (QED) is 0.599. The van der Waals surface area contributed by atoms with Gasteiger partial charge in [0.2, 0.25) is 5.78 Å². The first-order chi connectivity index (χ1) is 12.5. The van der Waals surface area contributed by atoms with Crippen LogP contribution in [0.5, 0.6) is 5.75 Å². The number of hydrogen-bond acceptors (Lipinski definition) is 4. The Hall–Kier alpha value is -2.93. The van der Waals surface area contributed by atoms with E-state index in [1.807, 2.05) is 30.3 Å². The molecule has 0 aliphatic rings. The highest BCUT2D eigenvalue weighted by atomic mass is 79.9. The second-order valence-electron chi connectivity index (χ2n) is 5.54. The van der Waals surface area contributed by atoms with Gasteiger partial charge in [-0.2, -0.15) is 5.10 Å². The monoisotopic (exact) mass is 414 g/mol. The molecule has 0 bridgehead atoms. The number of halogens is 1. The predicted octanol–water partition coefficient (Wildman–Crippen LogP) is 3.39. The maximum atomic E-state index is 12.8. The van der Waals surface area contributed by atoms with E-state index in [9.17, 15) is 9.59 Å². The Bertz CT molecular complexity index is 938. The third-order valence-corrected chi connectivity index (χ3v) is 4.09. The van der Waals surface area contributed by atoms with Gasteiger partial charge >= 0.3 is 5.97 Å². The van der Waals surface area contributed by atoms with Crippen molar-refractivity contribution in [3.8, 4) is 5.75 Å². The molecule has 0 aliphatic heterocycles. The van der Waals surface area contributed by atoms with Gasteiger partial charge in [0, 0.05) is 10.7 Å². The van der Waals surface area contributed by atoms with E-state index >= 15 is 0 Å². The maximum absolute atomic E-state index is 12.8. The Labute approximate surface area is 158 Å². The van der Waals surface area contributed by atoms with Crippen LogP contribution in [-0.2, 0) is 11.3 Å². The molecule has 2 aromatic carbocycles. The van der Waals surface area contributed by atoms with Gasteiger partial charge in [-0.05, 0) is 29.8 Å². The molecule has 3 rings (SSSR count). The summed E-state index contributed by atoms with van der Waals surface area (Å²) in [7, 11) is 0. The molecule has 0 saturated heterocycles. The topological polar surface area (TPSA) is 81.4 Å². The highest BCUT2D eigenvalue weighted by molar-refractivity contribution is 9.10. The maximum Gasteiger partial charge on any atom is 0.341 e. The van der Waals surface area contributed by atoms with Crippen LogP contribution in [-0.4, -0.2) is 33.2 Å². The number of nitrogens with zero attached hydrogens (tertiary/aromatic N) is 2. The fourth-order valence-electron chi connectivity index (χ4n) is 2.42. The number of aromatic nitrogens is 2. The highest BCUT2D eigenvalue weighted by Gasteiger charge is 2.18. The molecule has 1 heterocycles. The summed E-state index contributed by atoms with van der Waals surface area (Å²) in [6.45, 7) is 0.0271. The zero-order valence-corrected chi connectivity index (χ0v) is 15.2. The first kappa shape index (κ1) is 17.9. The Morgan fingerprint density at radius 3 is 2.62 bits per heavy atom. The molecule has 0 atom stereocenters. The van der Waals surface area contributed by atoms with E-state index in [-0.39, 0.29) is 22.8 Å². The summed E-state index contributed by atoms with van der Waals surface area (Å²) in [6, 6.07) is 16.3. The number of carbonyl (C=O) groups excluding carboxylic acids is 1. The fraction of sp³-hybridized carbons (Fsp3) is 0.105. The van der Waals surface area contributed by atoms with Crippen LogP contribution in [0.4, 0.5) is 0 Å². The second-order valence-corrected chi connectivity index (χ2v) is 6.45. The lowest BCUT2D eigenvalue weighted by molar-refractivity contribution is -0.139. The molecule has 1 aromatic heterocycles. The summed E-state index contributed by atoms with van der Waals surface area (Å²) in [5.41, 5.74) is 1.59. The van der Waals surface area contributed by atoms with Crippen molar-refractivity contribution in [2.24, 2.45) is 0 Å². The van der Waals surface area contributed by atoms with E-state index < -0.39 is 12.6 Å². The summed E-state index contributed by atoms with van der Waals surface area (Å²) < 4.78 is 7.59. The number of aliphatic carboxylic acids is 1. The Kier molecular flexibility index (Phi) is 5.48. The molecule has 132 valence electrons. The molecule has 26 heavy (non-hydrogen) atoms. The third-order valence-electron chi connectivity index (χ3n) is 3.60. The standard InChI is InChI=1S/C19H15BrN2O4/c20-14-6-7-17(26-12-18(23)24)15(10-14)19(25)16-8-9-22(21-16)11-13-4-2-1-3-5-13/h1-10H,11-12H2,(H,23,24). The van der Waals surface area contributed by atoms with Crippen LogP contribution >= 0.6 is 15.9 Å². The minimum atomic E-state index is -1.11. The van der Waals surface area contributed by atoms with Gasteiger partial charge in [-0.15, -0.1) is 0 Å². The number of rotatable bonds is 7. The molecule has 0 aliphatic carbocycles. The highest BCUT2D eigenvalue weighted by Crippen LogP contribution is 2.25. The van der Waals surface area contributed by atoms with Crippen molar-refractivity contribution in [1.29, 1.82) is 0 Å². The largest absolute Gasteiger partial charge is 0.481 e. The molecule has 0 amide bonds. The Morgan fingerprint density at radius 1 is 1.12 bits per heavy atom. The van der Waals surface area contributed by atoms with Crippen LogP contribution in [0.15, 0.2) is 65.3 Å². The number of ketones is 1. The van der Waals surface area contributed by atoms with Gasteiger partial charge in [0.1, 0.15) is 11.4 Å². The lowest BCUT2D eigenvalue weighted by Gasteiger charge is -2.09. The van der Waals surface area contributed by atoms with Crippen LogP contribution < -0.4 is 4.74 Å². The molecule has 0 fully saturated rings. The minimum Gasteiger partial charge on any atom is -0.481 e. The number of carboxylic acids is 1. The van der Waals surface area contributed by atoms with Crippen molar-refractivity contribution in [2.75, 3.05) is 6.61 Å². The lowest BCUT2D eigenvalue weighted by atomic mass is 10.1. The summed E-state index contributed by atoms with van der Waals surface area (Å²) in [5, 5.41) is 13.1. The van der Waals surface area contributed by atoms with Crippen molar-refractivity contribution in [3.63, 3.8) is 0 Å². The third kappa shape index (κ3) is 4.37. The smallest absolute Gasteiger partial charge is 0.341 e. The van der Waals surface area contributed by atoms with Gasteiger partial charge in [-0.25, -0.2) is 4.79 Å². The van der Waals surface area contributed by atoms with E-state index in [1.54, 1.807) is 35.1 Å². The van der Waals surface area contributed by atoms with Crippen molar-refractivity contribution in [3.05, 3.63) is 82.1 Å². The van der Waals surface area contributed by atoms with E-state index in [2.05, 4.69) is 21.0 Å². The first-order valence-electron chi connectivity index (χ1n) is 7.79. The number of hydrogen-bond donors (Lipinski definition) is 1. The average molecular weight is 415 g/mol. The molecule has 7 heteroatoms. The van der Waals surface area contributed by atoms with Gasteiger partial charge in [0.05, 0.1) is 12.1 Å². The van der Waals surface area contributed by atoms with Gasteiger partial charge < -0.3 is 9.84 Å². The van der Waals surface area contributed by atoms with Gasteiger partial charge in [0.15, 0.2) is 6.61 Å². The van der Waals surface area contributed by atoms with Crippen LogP contribution in [0.3, 0.4) is 0 Å². The van der Waals surface area contributed by atoms with Gasteiger partial charge in [-0.3, -0.25) is 9.48 Å². The molecule has 0 spiro atoms. The molecule has 1 N–H and O–H groups in total. The van der Waals surface area contributed by atoms with E-state index in [1.165, 1.54) is 0 Å². The zero-order chi connectivity index (χ0) is 18.5. The van der Waals surface area contributed by atoms with Crippen LogP contribution in [0.2, 0.25) is 0 Å². The van der Waals surface area contributed by atoms with Crippen molar-refractivity contribution >= 4 is 27.7 Å². The summed E-state index contributed by atoms with van der Waals surface area (Å²) in [6.07, 6.45) is 1.73. The van der Waals surface area contributed by atoms with Crippen LogP contribution in [0, 0.1) is 0 Å². The normalized spacial score (nSPS) is 10.5. The molecule has 0 unspecified atom stereocenters. The van der Waals surface area contributed by atoms with E-state index in [0.29, 0.717) is 11.0 Å². The predicted molar refractivity (Wildman–Crippen MR) is 98.5 cm³/mol. The average Bonchev–Trinajstić information content (AvgIpc) is 3.09. The minimum absolute atomic E-state index is 0.207. The van der Waals surface area contributed by atoms with E-state index in [4.69, 9.17) is 9.84 Å². The van der Waals surface area contributed by atoms with Crippen molar-refractivity contribution in [2.45, 2.75) is 6.54 Å². The summed E-state index contributed by atoms with van der Waals surface area (Å²) >= 11 is 3.32. The zero-order valence-electron chi connectivity index (χ0n) is 13.6. The number of carboxylic acid groups (broad SMARTS) is 1. The molecule has 0 radical (unpaired) electrons. The first-order valence-corrected chi connectivity index (χ1v) is 8.58. The summed E-state index contributed by atoms with van der Waals surface area (Å²) in [5.74, 6) is -1.24. The fourth-order valence-corrected chi connectivity index (χ4v) is 2.79.